The molecule has 0 aliphatic heterocycles. The zero-order chi connectivity index (χ0) is 14.7. The van der Waals surface area contributed by atoms with Gasteiger partial charge in [0.25, 0.3) is 5.56 Å². The Balaban J connectivity index is 2.68. The molecule has 0 bridgehead atoms. The highest BCUT2D eigenvalue weighted by Gasteiger charge is 2.14. The van der Waals surface area contributed by atoms with Crippen molar-refractivity contribution in [3.05, 3.63) is 58.1 Å². The van der Waals surface area contributed by atoms with E-state index in [4.69, 9.17) is 11.5 Å². The number of terminal acetylenes is 1. The van der Waals surface area contributed by atoms with Gasteiger partial charge in [-0.1, -0.05) is 5.92 Å². The topological polar surface area (TPSA) is 59.3 Å². The minimum Gasteiger partial charge on any atom is -0.477 e. The number of aromatic nitrogens is 1. The molecule has 100 valence electrons. The van der Waals surface area contributed by atoms with Crippen molar-refractivity contribution in [3.63, 3.8) is 0 Å². The van der Waals surface area contributed by atoms with Gasteiger partial charge in [0.1, 0.15) is 11.4 Å². The van der Waals surface area contributed by atoms with Crippen LogP contribution in [0.15, 0.2) is 41.2 Å². The summed E-state index contributed by atoms with van der Waals surface area (Å²) in [6.45, 7) is -0.0628. The molecule has 0 radical (unpaired) electrons. The minimum atomic E-state index is -1.31. The summed E-state index contributed by atoms with van der Waals surface area (Å²) in [7, 11) is 0. The zero-order valence-electron chi connectivity index (χ0n) is 10.3. The third-order valence-corrected chi connectivity index (χ3v) is 2.79. The molecule has 1 aromatic heterocycles. The normalized spacial score (nSPS) is 10.0. The summed E-state index contributed by atoms with van der Waals surface area (Å²) in [4.78, 5) is 23.0. The van der Waals surface area contributed by atoms with Crippen molar-refractivity contribution in [2.45, 2.75) is 6.54 Å². The molecule has 20 heavy (non-hydrogen) atoms. The standard InChI is InChI=1S/C15H10FNO3/c1-2-9-17-13(10-3-5-11(16)6-4-10)8-7-12(14(17)18)15(19)20/h1,3-8H,9H2,(H,19,20). The fourth-order valence-electron chi connectivity index (χ4n) is 1.86. The number of carboxylic acids is 1. The number of halogens is 1. The van der Waals surface area contributed by atoms with E-state index in [-0.39, 0.29) is 12.1 Å². The maximum Gasteiger partial charge on any atom is 0.341 e. The van der Waals surface area contributed by atoms with Crippen LogP contribution >= 0.6 is 0 Å². The van der Waals surface area contributed by atoms with Gasteiger partial charge in [-0.25, -0.2) is 9.18 Å². The van der Waals surface area contributed by atoms with E-state index in [2.05, 4.69) is 5.92 Å². The molecule has 1 heterocycles. The second kappa shape index (κ2) is 5.41. The molecule has 0 aliphatic carbocycles. The summed E-state index contributed by atoms with van der Waals surface area (Å²) < 4.78 is 14.1. The number of carboxylic acid groups (broad SMARTS) is 1. The summed E-state index contributed by atoms with van der Waals surface area (Å²) in [5.41, 5.74) is -0.0166. The van der Waals surface area contributed by atoms with Crippen LogP contribution in [-0.2, 0) is 6.54 Å². The minimum absolute atomic E-state index is 0.0628. The van der Waals surface area contributed by atoms with Gasteiger partial charge in [-0.3, -0.25) is 9.36 Å². The molecular weight excluding hydrogens is 261 g/mol. The van der Waals surface area contributed by atoms with Crippen LogP contribution in [0.4, 0.5) is 4.39 Å². The van der Waals surface area contributed by atoms with Gasteiger partial charge in [-0.15, -0.1) is 6.42 Å². The Morgan fingerprint density at radius 3 is 2.45 bits per heavy atom. The first-order valence-corrected chi connectivity index (χ1v) is 5.71. The maximum atomic E-state index is 12.9. The lowest BCUT2D eigenvalue weighted by molar-refractivity contribution is 0.0694. The smallest absolute Gasteiger partial charge is 0.341 e. The Morgan fingerprint density at radius 1 is 1.25 bits per heavy atom. The Morgan fingerprint density at radius 2 is 1.90 bits per heavy atom. The lowest BCUT2D eigenvalue weighted by Gasteiger charge is -2.11. The van der Waals surface area contributed by atoms with Gasteiger partial charge in [0.05, 0.1) is 12.2 Å². The molecular formula is C15H10FNO3. The van der Waals surface area contributed by atoms with Crippen LogP contribution in [0.2, 0.25) is 0 Å². The van der Waals surface area contributed by atoms with E-state index in [0.717, 1.165) is 0 Å². The number of carbonyl (C=O) groups is 1. The highest BCUT2D eigenvalue weighted by molar-refractivity contribution is 5.87. The third kappa shape index (κ3) is 2.45. The highest BCUT2D eigenvalue weighted by atomic mass is 19.1. The molecule has 2 rings (SSSR count). The van der Waals surface area contributed by atoms with E-state index < -0.39 is 17.3 Å². The van der Waals surface area contributed by atoms with Crippen LogP contribution < -0.4 is 5.56 Å². The average Bonchev–Trinajstić information content (AvgIpc) is 2.42. The largest absolute Gasteiger partial charge is 0.477 e. The van der Waals surface area contributed by atoms with Crippen molar-refractivity contribution < 1.29 is 14.3 Å². The van der Waals surface area contributed by atoms with E-state index in [1.54, 1.807) is 0 Å². The molecule has 0 spiro atoms. The quantitative estimate of drug-likeness (QED) is 0.868. The molecule has 2 aromatic rings. The Bertz CT molecular complexity index is 754. The number of nitrogens with zero attached hydrogens (tertiary/aromatic N) is 1. The molecule has 1 N–H and O–H groups in total. The molecule has 0 unspecified atom stereocenters. The van der Waals surface area contributed by atoms with Crippen LogP contribution in [0, 0.1) is 18.2 Å². The SMILES string of the molecule is C#CCn1c(-c2ccc(F)cc2)ccc(C(=O)O)c1=O. The van der Waals surface area contributed by atoms with Crippen LogP contribution in [0.25, 0.3) is 11.3 Å². The number of aromatic carboxylic acids is 1. The molecule has 5 heteroatoms. The number of hydrogen-bond acceptors (Lipinski definition) is 2. The molecule has 0 atom stereocenters. The van der Waals surface area contributed by atoms with Crippen LogP contribution in [0.1, 0.15) is 10.4 Å². The number of hydrogen-bond donors (Lipinski definition) is 1. The molecule has 0 amide bonds. The summed E-state index contributed by atoms with van der Waals surface area (Å²) in [6, 6.07) is 8.21. The van der Waals surface area contributed by atoms with Crippen molar-refractivity contribution in [2.75, 3.05) is 0 Å². The molecule has 0 aliphatic rings. The van der Waals surface area contributed by atoms with Gasteiger partial charge in [0.15, 0.2) is 0 Å². The lowest BCUT2D eigenvalue weighted by atomic mass is 10.1. The summed E-state index contributed by atoms with van der Waals surface area (Å²) in [6.07, 6.45) is 5.21. The van der Waals surface area contributed by atoms with E-state index in [0.29, 0.717) is 11.3 Å². The Hall–Kier alpha value is -2.87. The van der Waals surface area contributed by atoms with E-state index in [9.17, 15) is 14.0 Å². The average molecular weight is 271 g/mol. The summed E-state index contributed by atoms with van der Waals surface area (Å²) >= 11 is 0. The van der Waals surface area contributed by atoms with E-state index in [1.807, 2.05) is 0 Å². The highest BCUT2D eigenvalue weighted by Crippen LogP contribution is 2.18. The number of rotatable bonds is 3. The van der Waals surface area contributed by atoms with Gasteiger partial charge in [-0.05, 0) is 42.0 Å². The first kappa shape index (κ1) is 13.6. The summed E-state index contributed by atoms with van der Waals surface area (Å²) in [5.74, 6) is 0.594. The summed E-state index contributed by atoms with van der Waals surface area (Å²) in [5, 5.41) is 8.94. The Kier molecular flexibility index (Phi) is 3.67. The van der Waals surface area contributed by atoms with Crippen molar-refractivity contribution in [3.8, 4) is 23.6 Å². The zero-order valence-corrected chi connectivity index (χ0v) is 10.3. The van der Waals surface area contributed by atoms with Crippen molar-refractivity contribution in [2.24, 2.45) is 0 Å². The van der Waals surface area contributed by atoms with E-state index in [1.165, 1.54) is 41.0 Å². The third-order valence-electron chi connectivity index (χ3n) is 2.79. The first-order valence-electron chi connectivity index (χ1n) is 5.71. The van der Waals surface area contributed by atoms with E-state index >= 15 is 0 Å². The molecule has 0 saturated heterocycles. The van der Waals surface area contributed by atoms with Gasteiger partial charge in [-0.2, -0.15) is 0 Å². The van der Waals surface area contributed by atoms with Gasteiger partial charge in [0, 0.05) is 0 Å². The van der Waals surface area contributed by atoms with Crippen molar-refractivity contribution in [1.82, 2.24) is 4.57 Å². The number of pyridine rings is 1. The van der Waals surface area contributed by atoms with Gasteiger partial charge in [0.2, 0.25) is 0 Å². The number of benzene rings is 1. The maximum absolute atomic E-state index is 12.9. The second-order valence-corrected chi connectivity index (χ2v) is 4.04. The molecule has 0 saturated carbocycles. The van der Waals surface area contributed by atoms with Crippen LogP contribution in [0.3, 0.4) is 0 Å². The van der Waals surface area contributed by atoms with Crippen molar-refractivity contribution in [1.29, 1.82) is 0 Å². The molecule has 1 aromatic carbocycles. The van der Waals surface area contributed by atoms with Gasteiger partial charge >= 0.3 is 5.97 Å². The van der Waals surface area contributed by atoms with Crippen molar-refractivity contribution >= 4 is 5.97 Å². The van der Waals surface area contributed by atoms with Crippen LogP contribution in [-0.4, -0.2) is 15.6 Å². The molecule has 0 fully saturated rings. The molecule has 4 nitrogen and oxygen atoms in total. The lowest BCUT2D eigenvalue weighted by Crippen LogP contribution is -2.27. The fraction of sp³-hybridized carbons (Fsp3) is 0.0667. The first-order chi connectivity index (χ1) is 9.54. The van der Waals surface area contributed by atoms with Crippen LogP contribution in [0.5, 0.6) is 0 Å². The monoisotopic (exact) mass is 271 g/mol. The van der Waals surface area contributed by atoms with Gasteiger partial charge < -0.3 is 5.11 Å². The second-order valence-electron chi connectivity index (χ2n) is 4.04. The Labute approximate surface area is 114 Å². The fourth-order valence-corrected chi connectivity index (χ4v) is 1.86. The predicted octanol–water partition coefficient (Wildman–Crippen LogP) is 1.99. The predicted molar refractivity (Wildman–Crippen MR) is 71.9 cm³/mol.